The molecule has 0 saturated heterocycles. The van der Waals surface area contributed by atoms with Crippen LogP contribution in [0.2, 0.25) is 0 Å². The van der Waals surface area contributed by atoms with Gasteiger partial charge in [0.25, 0.3) is 5.91 Å². The van der Waals surface area contributed by atoms with Gasteiger partial charge in [-0.05, 0) is 53.6 Å². The summed E-state index contributed by atoms with van der Waals surface area (Å²) >= 11 is 0. The van der Waals surface area contributed by atoms with Gasteiger partial charge in [0.15, 0.2) is 6.61 Å². The summed E-state index contributed by atoms with van der Waals surface area (Å²) in [5.41, 5.74) is 10.5. The number of hydrogen-bond acceptors (Lipinski definition) is 2. The van der Waals surface area contributed by atoms with Gasteiger partial charge < -0.3 is 10.5 Å². The summed E-state index contributed by atoms with van der Waals surface area (Å²) in [6.45, 7) is -0.0740. The van der Waals surface area contributed by atoms with Crippen LogP contribution in [0.1, 0.15) is 22.3 Å². The summed E-state index contributed by atoms with van der Waals surface area (Å²) in [6, 6.07) is 14.6. The molecule has 2 N–H and O–H groups in total. The van der Waals surface area contributed by atoms with Crippen LogP contribution in [0.5, 0.6) is 5.75 Å². The minimum absolute atomic E-state index is 0.0740. The molecule has 3 rings (SSSR count). The highest BCUT2D eigenvalue weighted by Gasteiger charge is 2.13. The molecule has 0 aliphatic heterocycles. The number of rotatable bonds is 3. The number of ether oxygens (including phenoxy) is 1. The molecule has 0 spiro atoms. The maximum Gasteiger partial charge on any atom is 0.255 e. The van der Waals surface area contributed by atoms with Crippen molar-refractivity contribution in [1.82, 2.24) is 0 Å². The van der Waals surface area contributed by atoms with Crippen LogP contribution in [0.15, 0.2) is 42.5 Å². The number of carbonyl (C=O) groups is 1. The van der Waals surface area contributed by atoms with Gasteiger partial charge in [-0.15, -0.1) is 0 Å². The summed E-state index contributed by atoms with van der Waals surface area (Å²) in [6.07, 6.45) is 3.03. The molecule has 0 atom stereocenters. The van der Waals surface area contributed by atoms with Crippen LogP contribution in [0.3, 0.4) is 0 Å². The number of hydrogen-bond donors (Lipinski definition) is 1. The molecule has 102 valence electrons. The van der Waals surface area contributed by atoms with E-state index in [-0.39, 0.29) is 6.61 Å². The Kier molecular flexibility index (Phi) is 3.42. The van der Waals surface area contributed by atoms with Crippen molar-refractivity contribution in [2.24, 2.45) is 5.73 Å². The van der Waals surface area contributed by atoms with E-state index in [1.807, 2.05) is 12.1 Å². The predicted octanol–water partition coefficient (Wildman–Crippen LogP) is 2.24. The molecule has 2 aromatic rings. The fraction of sp³-hybridized carbons (Fsp3) is 0.235. The van der Waals surface area contributed by atoms with E-state index >= 15 is 0 Å². The topological polar surface area (TPSA) is 52.3 Å². The first kappa shape index (κ1) is 12.7. The number of benzene rings is 2. The third-order valence-electron chi connectivity index (χ3n) is 3.72. The van der Waals surface area contributed by atoms with E-state index in [2.05, 4.69) is 30.3 Å². The average Bonchev–Trinajstić information content (AvgIpc) is 2.63. The minimum atomic E-state index is -0.453. The Labute approximate surface area is 118 Å². The minimum Gasteiger partial charge on any atom is -0.484 e. The number of fused-ring (bicyclic) bond motifs is 2. The van der Waals surface area contributed by atoms with Crippen LogP contribution in [0, 0.1) is 0 Å². The molecular weight excluding hydrogens is 250 g/mol. The van der Waals surface area contributed by atoms with E-state index in [0.717, 1.165) is 19.3 Å². The maximum absolute atomic E-state index is 10.8. The van der Waals surface area contributed by atoms with Crippen LogP contribution in [-0.4, -0.2) is 12.5 Å². The third-order valence-corrected chi connectivity index (χ3v) is 3.72. The number of aryl methyl sites for hydroxylation is 2. The van der Waals surface area contributed by atoms with Crippen LogP contribution < -0.4 is 10.5 Å². The van der Waals surface area contributed by atoms with Crippen LogP contribution >= 0.6 is 0 Å². The summed E-state index contributed by atoms with van der Waals surface area (Å²) < 4.78 is 5.39. The molecule has 3 nitrogen and oxygen atoms in total. The van der Waals surface area contributed by atoms with Crippen LogP contribution in [0.25, 0.3) is 0 Å². The Balaban J connectivity index is 1.88. The Bertz CT molecular complexity index is 649. The number of carbonyl (C=O) groups excluding carboxylic acids is 1. The van der Waals surface area contributed by atoms with Gasteiger partial charge in [0.05, 0.1) is 0 Å². The van der Waals surface area contributed by atoms with Crippen molar-refractivity contribution in [3.8, 4) is 5.75 Å². The van der Waals surface area contributed by atoms with Gasteiger partial charge in [-0.2, -0.15) is 0 Å². The molecule has 0 saturated carbocycles. The normalized spacial score (nSPS) is 13.0. The lowest BCUT2D eigenvalue weighted by atomic mass is 10.0. The SMILES string of the molecule is NC(=O)COc1ccc2c(c1)Cc1ccccc1CC2. The number of nitrogens with two attached hydrogens (primary N) is 1. The van der Waals surface area contributed by atoms with Crippen molar-refractivity contribution in [1.29, 1.82) is 0 Å². The largest absolute Gasteiger partial charge is 0.484 e. The van der Waals surface area contributed by atoms with E-state index in [1.165, 1.54) is 22.3 Å². The summed E-state index contributed by atoms with van der Waals surface area (Å²) in [4.78, 5) is 10.8. The lowest BCUT2D eigenvalue weighted by Gasteiger charge is -2.09. The second kappa shape index (κ2) is 5.37. The van der Waals surface area contributed by atoms with Crippen LogP contribution in [-0.2, 0) is 24.1 Å². The Morgan fingerprint density at radius 1 is 1.00 bits per heavy atom. The standard InChI is InChI=1S/C17H17NO2/c18-17(19)11-20-16-8-7-13-6-5-12-3-1-2-4-14(12)9-15(13)10-16/h1-4,7-8,10H,5-6,9,11H2,(H2,18,19). The molecule has 1 aliphatic rings. The zero-order valence-electron chi connectivity index (χ0n) is 11.3. The first-order valence-electron chi connectivity index (χ1n) is 6.82. The van der Waals surface area contributed by atoms with E-state index in [0.29, 0.717) is 5.75 Å². The van der Waals surface area contributed by atoms with Crippen molar-refractivity contribution in [2.75, 3.05) is 6.61 Å². The molecule has 3 heteroatoms. The molecule has 0 aromatic heterocycles. The van der Waals surface area contributed by atoms with Gasteiger partial charge in [-0.25, -0.2) is 0 Å². The van der Waals surface area contributed by atoms with E-state index in [1.54, 1.807) is 0 Å². The van der Waals surface area contributed by atoms with Crippen LogP contribution in [0.4, 0.5) is 0 Å². The van der Waals surface area contributed by atoms with E-state index in [4.69, 9.17) is 10.5 Å². The second-order valence-corrected chi connectivity index (χ2v) is 5.13. The third kappa shape index (κ3) is 2.67. The monoisotopic (exact) mass is 267 g/mol. The first-order chi connectivity index (χ1) is 9.72. The zero-order chi connectivity index (χ0) is 13.9. The molecule has 1 amide bonds. The van der Waals surface area contributed by atoms with Gasteiger partial charge in [0.1, 0.15) is 5.75 Å². The lowest BCUT2D eigenvalue weighted by molar-refractivity contribution is -0.119. The number of primary amides is 1. The first-order valence-corrected chi connectivity index (χ1v) is 6.82. The Morgan fingerprint density at radius 2 is 1.70 bits per heavy atom. The molecule has 0 radical (unpaired) electrons. The van der Waals surface area contributed by atoms with Gasteiger partial charge in [0, 0.05) is 0 Å². The smallest absolute Gasteiger partial charge is 0.255 e. The summed E-state index contributed by atoms with van der Waals surface area (Å²) in [7, 11) is 0. The highest BCUT2D eigenvalue weighted by Crippen LogP contribution is 2.27. The Morgan fingerprint density at radius 3 is 2.45 bits per heavy atom. The van der Waals surface area contributed by atoms with Crippen molar-refractivity contribution >= 4 is 5.91 Å². The average molecular weight is 267 g/mol. The molecule has 2 aromatic carbocycles. The highest BCUT2D eigenvalue weighted by molar-refractivity contribution is 5.75. The molecule has 0 unspecified atom stereocenters. The maximum atomic E-state index is 10.8. The molecule has 0 bridgehead atoms. The Hall–Kier alpha value is -2.29. The molecule has 0 heterocycles. The van der Waals surface area contributed by atoms with Crippen molar-refractivity contribution in [3.63, 3.8) is 0 Å². The van der Waals surface area contributed by atoms with Gasteiger partial charge in [0.2, 0.25) is 0 Å². The molecule has 1 aliphatic carbocycles. The zero-order valence-corrected chi connectivity index (χ0v) is 11.3. The fourth-order valence-corrected chi connectivity index (χ4v) is 2.70. The summed E-state index contributed by atoms with van der Waals surface area (Å²) in [5.74, 6) is 0.257. The predicted molar refractivity (Wildman–Crippen MR) is 77.8 cm³/mol. The van der Waals surface area contributed by atoms with Crippen molar-refractivity contribution in [3.05, 3.63) is 64.7 Å². The van der Waals surface area contributed by atoms with E-state index in [9.17, 15) is 4.79 Å². The second-order valence-electron chi connectivity index (χ2n) is 5.13. The number of amides is 1. The fourth-order valence-electron chi connectivity index (χ4n) is 2.70. The van der Waals surface area contributed by atoms with Crippen molar-refractivity contribution < 1.29 is 9.53 Å². The van der Waals surface area contributed by atoms with Gasteiger partial charge in [-0.3, -0.25) is 4.79 Å². The highest BCUT2D eigenvalue weighted by atomic mass is 16.5. The van der Waals surface area contributed by atoms with E-state index < -0.39 is 5.91 Å². The van der Waals surface area contributed by atoms with Gasteiger partial charge >= 0.3 is 0 Å². The quantitative estimate of drug-likeness (QED) is 0.927. The summed E-state index contributed by atoms with van der Waals surface area (Å²) in [5, 5.41) is 0. The van der Waals surface area contributed by atoms with Gasteiger partial charge in [-0.1, -0.05) is 30.3 Å². The molecular formula is C17H17NO2. The molecule has 20 heavy (non-hydrogen) atoms. The van der Waals surface area contributed by atoms with Crippen molar-refractivity contribution in [2.45, 2.75) is 19.3 Å². The molecule has 0 fully saturated rings. The lowest BCUT2D eigenvalue weighted by Crippen LogP contribution is -2.20.